The quantitative estimate of drug-likeness (QED) is 0.736. The topological polar surface area (TPSA) is 68.8 Å². The van der Waals surface area contributed by atoms with Crippen LogP contribution in [0.1, 0.15) is 41.4 Å². The molecule has 7 heteroatoms. The molecule has 1 fully saturated rings. The van der Waals surface area contributed by atoms with Gasteiger partial charge in [-0.15, -0.1) is 0 Å². The molecule has 1 atom stereocenters. The molecule has 1 saturated heterocycles. The first-order valence-corrected chi connectivity index (χ1v) is 8.48. The molecular weight excluding hydrogens is 316 g/mol. The van der Waals surface area contributed by atoms with Crippen molar-refractivity contribution in [1.82, 2.24) is 29.4 Å². The second-order valence-electron chi connectivity index (χ2n) is 6.27. The molecule has 3 aromatic rings. The molecular formula is C18H20N6O. The number of pyridine rings is 1. The minimum atomic E-state index is 0.0149. The van der Waals surface area contributed by atoms with Crippen molar-refractivity contribution in [1.29, 1.82) is 0 Å². The Morgan fingerprint density at radius 2 is 2.08 bits per heavy atom. The highest BCUT2D eigenvalue weighted by Crippen LogP contribution is 2.31. The van der Waals surface area contributed by atoms with E-state index >= 15 is 0 Å². The Morgan fingerprint density at radius 1 is 1.16 bits per heavy atom. The fourth-order valence-corrected chi connectivity index (χ4v) is 3.42. The smallest absolute Gasteiger partial charge is 0.257 e. The summed E-state index contributed by atoms with van der Waals surface area (Å²) >= 11 is 0. The van der Waals surface area contributed by atoms with Crippen molar-refractivity contribution < 1.29 is 4.79 Å². The van der Waals surface area contributed by atoms with Crippen molar-refractivity contribution in [2.75, 3.05) is 6.54 Å². The summed E-state index contributed by atoms with van der Waals surface area (Å²) in [5, 5.41) is 8.58. The molecule has 25 heavy (non-hydrogen) atoms. The van der Waals surface area contributed by atoms with E-state index in [1.165, 1.54) is 0 Å². The van der Waals surface area contributed by atoms with Gasteiger partial charge in [0.1, 0.15) is 0 Å². The second-order valence-corrected chi connectivity index (χ2v) is 6.27. The molecule has 0 radical (unpaired) electrons. The molecule has 4 heterocycles. The first-order chi connectivity index (χ1) is 12.2. The first kappa shape index (κ1) is 15.6. The minimum Gasteiger partial charge on any atom is -0.330 e. The van der Waals surface area contributed by atoms with Gasteiger partial charge in [-0.1, -0.05) is 0 Å². The van der Waals surface area contributed by atoms with Crippen LogP contribution in [0.5, 0.6) is 0 Å². The van der Waals surface area contributed by atoms with Crippen LogP contribution in [0.3, 0.4) is 0 Å². The van der Waals surface area contributed by atoms with Crippen LogP contribution in [-0.2, 0) is 7.05 Å². The van der Waals surface area contributed by atoms with Crippen LogP contribution >= 0.6 is 0 Å². The molecule has 3 aromatic heterocycles. The molecule has 1 aliphatic heterocycles. The molecule has 1 unspecified atom stereocenters. The van der Waals surface area contributed by atoms with Crippen molar-refractivity contribution in [3.05, 3.63) is 60.4 Å². The maximum absolute atomic E-state index is 13.1. The number of hydrogen-bond donors (Lipinski definition) is 0. The van der Waals surface area contributed by atoms with E-state index in [2.05, 4.69) is 15.2 Å². The Balaban J connectivity index is 1.61. The number of rotatable bonds is 3. The van der Waals surface area contributed by atoms with E-state index in [-0.39, 0.29) is 11.9 Å². The largest absolute Gasteiger partial charge is 0.330 e. The Labute approximate surface area is 145 Å². The van der Waals surface area contributed by atoms with E-state index in [9.17, 15) is 4.79 Å². The molecule has 1 amide bonds. The molecule has 7 nitrogen and oxygen atoms in total. The van der Waals surface area contributed by atoms with Gasteiger partial charge in [-0.05, 0) is 37.5 Å². The summed E-state index contributed by atoms with van der Waals surface area (Å²) in [4.78, 5) is 19.1. The molecule has 4 rings (SSSR count). The fourth-order valence-electron chi connectivity index (χ4n) is 3.42. The molecule has 0 aliphatic carbocycles. The summed E-state index contributed by atoms with van der Waals surface area (Å²) in [6.07, 6.45) is 11.7. The molecule has 128 valence electrons. The number of carbonyl (C=O) groups is 1. The molecule has 0 N–H and O–H groups in total. The van der Waals surface area contributed by atoms with Gasteiger partial charge in [-0.2, -0.15) is 10.2 Å². The van der Waals surface area contributed by atoms with E-state index in [1.54, 1.807) is 35.7 Å². The summed E-state index contributed by atoms with van der Waals surface area (Å²) in [7, 11) is 1.92. The molecule has 0 aromatic carbocycles. The summed E-state index contributed by atoms with van der Waals surface area (Å²) in [5.41, 5.74) is 2.51. The standard InChI is InChI=1S/C18H20N6O/c1-22-16(7-9-20-22)17-6-2-3-10-23(17)18(25)14-11-21-24(13-14)15-5-4-8-19-12-15/h4-5,7-9,11-13,17H,2-3,6,10H2,1H3. The van der Waals surface area contributed by atoms with Crippen molar-refractivity contribution in [2.24, 2.45) is 7.05 Å². The highest BCUT2D eigenvalue weighted by molar-refractivity contribution is 5.94. The van der Waals surface area contributed by atoms with Gasteiger partial charge in [0.25, 0.3) is 5.91 Å². The normalized spacial score (nSPS) is 17.6. The lowest BCUT2D eigenvalue weighted by molar-refractivity contribution is 0.0601. The average molecular weight is 336 g/mol. The predicted octanol–water partition coefficient (Wildman–Crippen LogP) is 2.37. The molecule has 0 bridgehead atoms. The third-order valence-electron chi connectivity index (χ3n) is 4.70. The van der Waals surface area contributed by atoms with E-state index in [0.29, 0.717) is 5.56 Å². The summed E-state index contributed by atoms with van der Waals surface area (Å²) in [6, 6.07) is 5.82. The van der Waals surface area contributed by atoms with E-state index in [0.717, 1.165) is 37.2 Å². The zero-order valence-electron chi connectivity index (χ0n) is 14.1. The van der Waals surface area contributed by atoms with Crippen LogP contribution in [0.4, 0.5) is 0 Å². The zero-order valence-corrected chi connectivity index (χ0v) is 14.1. The van der Waals surface area contributed by atoms with Crippen LogP contribution in [-0.4, -0.2) is 41.9 Å². The van der Waals surface area contributed by atoms with Gasteiger partial charge in [0.2, 0.25) is 0 Å². The van der Waals surface area contributed by atoms with Gasteiger partial charge < -0.3 is 4.90 Å². The first-order valence-electron chi connectivity index (χ1n) is 8.48. The number of nitrogens with zero attached hydrogens (tertiary/aromatic N) is 6. The van der Waals surface area contributed by atoms with Crippen molar-refractivity contribution in [3.8, 4) is 5.69 Å². The number of aryl methyl sites for hydroxylation is 1. The molecule has 0 saturated carbocycles. The monoisotopic (exact) mass is 336 g/mol. The van der Waals surface area contributed by atoms with Crippen LogP contribution < -0.4 is 0 Å². The van der Waals surface area contributed by atoms with Crippen LogP contribution in [0.15, 0.2) is 49.2 Å². The Morgan fingerprint density at radius 3 is 2.84 bits per heavy atom. The number of carbonyl (C=O) groups excluding carboxylic acids is 1. The number of likely N-dealkylation sites (tertiary alicyclic amines) is 1. The van der Waals surface area contributed by atoms with Gasteiger partial charge >= 0.3 is 0 Å². The fraction of sp³-hybridized carbons (Fsp3) is 0.333. The third-order valence-corrected chi connectivity index (χ3v) is 4.70. The number of aromatic nitrogens is 5. The van der Waals surface area contributed by atoms with E-state index in [1.807, 2.05) is 34.8 Å². The number of hydrogen-bond acceptors (Lipinski definition) is 4. The van der Waals surface area contributed by atoms with E-state index < -0.39 is 0 Å². The lowest BCUT2D eigenvalue weighted by Gasteiger charge is -2.35. The highest BCUT2D eigenvalue weighted by Gasteiger charge is 2.31. The lowest BCUT2D eigenvalue weighted by Crippen LogP contribution is -2.39. The lowest BCUT2D eigenvalue weighted by atomic mass is 9.98. The number of piperidine rings is 1. The summed E-state index contributed by atoms with van der Waals surface area (Å²) in [5.74, 6) is 0.0149. The summed E-state index contributed by atoms with van der Waals surface area (Å²) in [6.45, 7) is 0.757. The van der Waals surface area contributed by atoms with Crippen molar-refractivity contribution in [3.63, 3.8) is 0 Å². The highest BCUT2D eigenvalue weighted by atomic mass is 16.2. The third kappa shape index (κ3) is 2.93. The summed E-state index contributed by atoms with van der Waals surface area (Å²) < 4.78 is 3.54. The SMILES string of the molecule is Cn1nccc1C1CCCCN1C(=O)c1cnn(-c2cccnc2)c1. The second kappa shape index (κ2) is 6.51. The van der Waals surface area contributed by atoms with E-state index in [4.69, 9.17) is 0 Å². The van der Waals surface area contributed by atoms with Gasteiger partial charge in [-0.3, -0.25) is 14.5 Å². The Bertz CT molecular complexity index is 869. The van der Waals surface area contributed by atoms with Crippen molar-refractivity contribution >= 4 is 5.91 Å². The minimum absolute atomic E-state index is 0.0149. The van der Waals surface area contributed by atoms with Crippen LogP contribution in [0, 0.1) is 0 Å². The van der Waals surface area contributed by atoms with Gasteiger partial charge in [0.05, 0.1) is 35.4 Å². The Kier molecular flexibility index (Phi) is 4.05. The Hall–Kier alpha value is -2.96. The maximum Gasteiger partial charge on any atom is 0.257 e. The number of amides is 1. The average Bonchev–Trinajstić information content (AvgIpc) is 3.31. The predicted molar refractivity (Wildman–Crippen MR) is 92.2 cm³/mol. The molecule has 1 aliphatic rings. The van der Waals surface area contributed by atoms with Crippen molar-refractivity contribution in [2.45, 2.75) is 25.3 Å². The van der Waals surface area contributed by atoms with Gasteiger partial charge in [-0.25, -0.2) is 4.68 Å². The molecule has 0 spiro atoms. The van der Waals surface area contributed by atoms with Gasteiger partial charge in [0.15, 0.2) is 0 Å². The van der Waals surface area contributed by atoms with Gasteiger partial charge in [0, 0.05) is 32.2 Å². The van der Waals surface area contributed by atoms with Crippen LogP contribution in [0.25, 0.3) is 5.69 Å². The maximum atomic E-state index is 13.1. The van der Waals surface area contributed by atoms with Crippen LogP contribution in [0.2, 0.25) is 0 Å². The zero-order chi connectivity index (χ0) is 17.2.